The van der Waals surface area contributed by atoms with E-state index in [4.69, 9.17) is 18.9 Å². The van der Waals surface area contributed by atoms with Gasteiger partial charge in [-0.3, -0.25) is 9.59 Å². The van der Waals surface area contributed by atoms with E-state index in [-0.39, 0.29) is 35.5 Å². The molecule has 0 amide bonds. The molecule has 1 aromatic carbocycles. The Balaban J connectivity index is 1.58. The second-order valence-electron chi connectivity index (χ2n) is 6.75. The largest absolute Gasteiger partial charge is 0.466 e. The molecule has 0 saturated carbocycles. The first kappa shape index (κ1) is 21.2. The number of ketones is 2. The van der Waals surface area contributed by atoms with Crippen molar-refractivity contribution in [3.8, 4) is 0 Å². The van der Waals surface area contributed by atoms with Gasteiger partial charge in [-0.05, 0) is 18.2 Å². The molecule has 0 spiro atoms. The third-order valence-electron chi connectivity index (χ3n) is 4.18. The number of esters is 2. The molecule has 2 heterocycles. The fourth-order valence-electron chi connectivity index (χ4n) is 2.69. The summed E-state index contributed by atoms with van der Waals surface area (Å²) in [5.41, 5.74) is -0.0343. The van der Waals surface area contributed by atoms with E-state index in [0.717, 1.165) is 24.7 Å². The fourth-order valence-corrected chi connectivity index (χ4v) is 2.69. The third kappa shape index (κ3) is 5.31. The zero-order chi connectivity index (χ0) is 21.8. The lowest BCUT2D eigenvalue weighted by Gasteiger charge is -2.28. The van der Waals surface area contributed by atoms with Crippen LogP contribution in [0.2, 0.25) is 0 Å². The van der Waals surface area contributed by atoms with Crippen LogP contribution in [-0.2, 0) is 28.5 Å². The van der Waals surface area contributed by atoms with Crippen LogP contribution in [0.5, 0.6) is 0 Å². The van der Waals surface area contributed by atoms with Crippen LogP contribution in [0.15, 0.2) is 48.9 Å². The van der Waals surface area contributed by atoms with Crippen molar-refractivity contribution in [2.75, 3.05) is 13.2 Å². The molecule has 10 nitrogen and oxygen atoms in total. The van der Waals surface area contributed by atoms with Gasteiger partial charge in [0.1, 0.15) is 0 Å². The van der Waals surface area contributed by atoms with E-state index >= 15 is 0 Å². The van der Waals surface area contributed by atoms with Crippen LogP contribution in [0.3, 0.4) is 0 Å². The Hall–Kier alpha value is -3.50. The van der Waals surface area contributed by atoms with Gasteiger partial charge in [-0.25, -0.2) is 9.59 Å². The second-order valence-corrected chi connectivity index (χ2v) is 6.75. The third-order valence-corrected chi connectivity index (χ3v) is 4.18. The lowest BCUT2D eigenvalue weighted by molar-refractivity contribution is -0.200. The zero-order valence-corrected chi connectivity index (χ0v) is 15.6. The van der Waals surface area contributed by atoms with E-state index in [2.05, 4.69) is 0 Å². The van der Waals surface area contributed by atoms with Gasteiger partial charge in [0.15, 0.2) is 24.8 Å². The van der Waals surface area contributed by atoms with Crippen LogP contribution >= 0.6 is 0 Å². The highest BCUT2D eigenvalue weighted by Crippen LogP contribution is 2.21. The first-order valence-corrected chi connectivity index (χ1v) is 8.82. The van der Waals surface area contributed by atoms with Gasteiger partial charge >= 0.3 is 11.9 Å². The van der Waals surface area contributed by atoms with E-state index in [9.17, 15) is 29.4 Å². The van der Waals surface area contributed by atoms with Crippen LogP contribution in [0.25, 0.3) is 0 Å². The molecule has 2 aliphatic heterocycles. The average Bonchev–Trinajstić information content (AvgIpc) is 2.70. The van der Waals surface area contributed by atoms with Gasteiger partial charge in [-0.1, -0.05) is 6.07 Å². The number of allylic oxidation sites excluding steroid dienone is 2. The highest BCUT2D eigenvalue weighted by molar-refractivity contribution is 5.95. The van der Waals surface area contributed by atoms with Crippen molar-refractivity contribution >= 4 is 23.5 Å². The minimum atomic E-state index is -1.96. The smallest absolute Gasteiger partial charge is 0.338 e. The number of rotatable bonds is 6. The molecule has 2 unspecified atom stereocenters. The van der Waals surface area contributed by atoms with Crippen molar-refractivity contribution in [1.29, 1.82) is 0 Å². The molecule has 2 aliphatic rings. The van der Waals surface area contributed by atoms with Crippen molar-refractivity contribution in [1.82, 2.24) is 0 Å². The molecule has 3 rings (SSSR count). The van der Waals surface area contributed by atoms with Crippen molar-refractivity contribution < 1.29 is 48.3 Å². The lowest BCUT2D eigenvalue weighted by atomic mass is 10.1. The Morgan fingerprint density at radius 3 is 1.70 bits per heavy atom. The molecule has 2 atom stereocenters. The maximum atomic E-state index is 12.2. The summed E-state index contributed by atoms with van der Waals surface area (Å²) in [6.07, 6.45) is 3.59. The topological polar surface area (TPSA) is 146 Å². The average molecular weight is 418 g/mol. The minimum Gasteiger partial charge on any atom is -0.466 e. The Bertz CT molecular complexity index is 862. The molecular formula is C20H18O10. The molecule has 1 aromatic rings. The maximum absolute atomic E-state index is 12.2. The standard InChI is InChI=1S/C20H18O10/c21-15-4-6-29-19(25,9-15)11-27-17(23)13-2-1-3-14(8-13)18(24)28-12-20(26)10-16(22)5-7-30-20/h1-8,25-26H,9-12H2. The number of ether oxygens (including phenoxy) is 4. The zero-order valence-electron chi connectivity index (χ0n) is 15.6. The molecule has 158 valence electrons. The summed E-state index contributed by atoms with van der Waals surface area (Å²) in [6.45, 7) is -1.19. The summed E-state index contributed by atoms with van der Waals surface area (Å²) in [5, 5.41) is 20.2. The normalized spacial score (nSPS) is 25.3. The van der Waals surface area contributed by atoms with Crippen LogP contribution < -0.4 is 0 Å². The number of hydrogen-bond donors (Lipinski definition) is 2. The summed E-state index contributed by atoms with van der Waals surface area (Å²) < 4.78 is 19.8. The first-order chi connectivity index (χ1) is 14.2. The second kappa shape index (κ2) is 8.47. The summed E-state index contributed by atoms with van der Waals surface area (Å²) in [7, 11) is 0. The number of hydrogen-bond acceptors (Lipinski definition) is 10. The van der Waals surface area contributed by atoms with Gasteiger partial charge in [0.2, 0.25) is 11.6 Å². The predicted octanol–water partition coefficient (Wildman–Crippen LogP) is 0.384. The highest BCUT2D eigenvalue weighted by atomic mass is 16.7. The summed E-state index contributed by atoms with van der Waals surface area (Å²) in [5.74, 6) is -6.42. The van der Waals surface area contributed by atoms with Crippen LogP contribution in [-0.4, -0.2) is 58.5 Å². The van der Waals surface area contributed by atoms with Gasteiger partial charge in [0.25, 0.3) is 0 Å². The molecular weight excluding hydrogens is 400 g/mol. The van der Waals surface area contributed by atoms with Crippen molar-refractivity contribution in [2.24, 2.45) is 0 Å². The van der Waals surface area contributed by atoms with Crippen LogP contribution in [0.4, 0.5) is 0 Å². The quantitative estimate of drug-likeness (QED) is 0.622. The summed E-state index contributed by atoms with van der Waals surface area (Å²) in [4.78, 5) is 47.2. The van der Waals surface area contributed by atoms with Crippen molar-refractivity contribution in [3.63, 3.8) is 0 Å². The van der Waals surface area contributed by atoms with Gasteiger partial charge in [0, 0.05) is 12.2 Å². The summed E-state index contributed by atoms with van der Waals surface area (Å²) in [6, 6.07) is 5.34. The fraction of sp³-hybridized carbons (Fsp3) is 0.300. The highest BCUT2D eigenvalue weighted by Gasteiger charge is 2.36. The maximum Gasteiger partial charge on any atom is 0.338 e. The molecule has 30 heavy (non-hydrogen) atoms. The lowest BCUT2D eigenvalue weighted by Crippen LogP contribution is -2.41. The molecule has 0 fully saturated rings. The van der Waals surface area contributed by atoms with E-state index in [0.29, 0.717) is 0 Å². The van der Waals surface area contributed by atoms with E-state index < -0.39 is 36.7 Å². The molecule has 0 aliphatic carbocycles. The number of aliphatic hydroxyl groups is 2. The Morgan fingerprint density at radius 2 is 1.30 bits per heavy atom. The summed E-state index contributed by atoms with van der Waals surface area (Å²) >= 11 is 0. The van der Waals surface area contributed by atoms with Gasteiger partial charge in [0.05, 0.1) is 36.5 Å². The van der Waals surface area contributed by atoms with Gasteiger partial charge in [-0.2, -0.15) is 0 Å². The SMILES string of the molecule is O=C1C=COC(O)(COC(=O)c2cccc(C(=O)OCC3(O)CC(=O)C=CO3)c2)C1. The first-order valence-electron chi connectivity index (χ1n) is 8.82. The Labute approximate surface area is 170 Å². The minimum absolute atomic E-state index is 0.0172. The van der Waals surface area contributed by atoms with Crippen molar-refractivity contribution in [3.05, 3.63) is 60.1 Å². The van der Waals surface area contributed by atoms with E-state index in [1.54, 1.807) is 0 Å². The van der Waals surface area contributed by atoms with E-state index in [1.165, 1.54) is 24.3 Å². The molecule has 0 aromatic heterocycles. The molecule has 2 N–H and O–H groups in total. The van der Waals surface area contributed by atoms with Gasteiger partial charge in [-0.15, -0.1) is 0 Å². The van der Waals surface area contributed by atoms with Crippen molar-refractivity contribution in [2.45, 2.75) is 24.4 Å². The van der Waals surface area contributed by atoms with Gasteiger partial charge < -0.3 is 29.2 Å². The predicted molar refractivity (Wildman–Crippen MR) is 96.6 cm³/mol. The monoisotopic (exact) mass is 418 g/mol. The number of benzene rings is 1. The number of carbonyl (C=O) groups is 4. The van der Waals surface area contributed by atoms with Crippen LogP contribution in [0, 0.1) is 0 Å². The van der Waals surface area contributed by atoms with E-state index in [1.807, 2.05) is 0 Å². The molecule has 0 radical (unpaired) electrons. The Kier molecular flexibility index (Phi) is 5.99. The molecule has 0 bridgehead atoms. The Morgan fingerprint density at radius 1 is 0.867 bits per heavy atom. The molecule has 0 saturated heterocycles. The molecule has 10 heteroatoms. The number of carbonyl (C=O) groups excluding carboxylic acids is 4. The van der Waals surface area contributed by atoms with Crippen LogP contribution in [0.1, 0.15) is 33.6 Å².